The predicted molar refractivity (Wildman–Crippen MR) is 44.2 cm³/mol. The Morgan fingerprint density at radius 3 is 2.80 bits per heavy atom. The van der Waals surface area contributed by atoms with E-state index in [0.29, 0.717) is 0 Å². The zero-order valence-corrected chi connectivity index (χ0v) is 7.06. The van der Waals surface area contributed by atoms with E-state index in [-0.39, 0.29) is 0 Å². The molecule has 1 N–H and O–H groups in total. The highest BCUT2D eigenvalue weighted by atomic mass is 15.1. The maximum Gasteiger partial charge on any atom is 0.00797 e. The van der Waals surface area contributed by atoms with Crippen LogP contribution in [0.1, 0.15) is 19.3 Å². The van der Waals surface area contributed by atoms with E-state index in [4.69, 9.17) is 0 Å². The van der Waals surface area contributed by atoms with Gasteiger partial charge in [-0.05, 0) is 46.4 Å². The molecule has 0 saturated carbocycles. The Morgan fingerprint density at radius 1 is 1.50 bits per heavy atom. The summed E-state index contributed by atoms with van der Waals surface area (Å²) in [4.78, 5) is 2.25. The molecule has 1 heterocycles. The van der Waals surface area contributed by atoms with Gasteiger partial charge >= 0.3 is 0 Å². The SMILES string of the molecule is CN(C)CC[C@@H]1CCCN1. The van der Waals surface area contributed by atoms with Crippen LogP contribution in [0.25, 0.3) is 0 Å². The first kappa shape index (κ1) is 8.02. The first-order valence-corrected chi connectivity index (χ1v) is 4.17. The monoisotopic (exact) mass is 142 g/mol. The summed E-state index contributed by atoms with van der Waals surface area (Å²) < 4.78 is 0. The summed E-state index contributed by atoms with van der Waals surface area (Å²) in [6.45, 7) is 2.45. The molecule has 0 aromatic rings. The number of hydrogen-bond acceptors (Lipinski definition) is 2. The van der Waals surface area contributed by atoms with Crippen LogP contribution in [0.4, 0.5) is 0 Å². The van der Waals surface area contributed by atoms with Gasteiger partial charge in [0.05, 0.1) is 0 Å². The van der Waals surface area contributed by atoms with Crippen molar-refractivity contribution in [3.63, 3.8) is 0 Å². The summed E-state index contributed by atoms with van der Waals surface area (Å²) >= 11 is 0. The second-order valence-corrected chi connectivity index (χ2v) is 3.39. The summed E-state index contributed by atoms with van der Waals surface area (Å²) in [7, 11) is 4.27. The molecule has 2 heteroatoms. The standard InChI is InChI=1S/C8H18N2/c1-10(2)7-5-8-4-3-6-9-8/h8-9H,3-7H2,1-2H3/t8-/m0/s1. The van der Waals surface area contributed by atoms with Gasteiger partial charge in [-0.3, -0.25) is 0 Å². The van der Waals surface area contributed by atoms with Gasteiger partial charge in [-0.2, -0.15) is 0 Å². The van der Waals surface area contributed by atoms with Crippen LogP contribution in [0.3, 0.4) is 0 Å². The second kappa shape index (κ2) is 3.94. The maximum absolute atomic E-state index is 3.49. The van der Waals surface area contributed by atoms with E-state index in [2.05, 4.69) is 24.3 Å². The number of nitrogens with one attached hydrogen (secondary N) is 1. The lowest BCUT2D eigenvalue weighted by molar-refractivity contribution is 0.371. The van der Waals surface area contributed by atoms with Crippen LogP contribution in [0, 0.1) is 0 Å². The molecule has 1 rings (SSSR count). The average Bonchev–Trinajstić information content (AvgIpc) is 2.34. The molecular formula is C8H18N2. The van der Waals surface area contributed by atoms with Crippen LogP contribution < -0.4 is 5.32 Å². The zero-order chi connectivity index (χ0) is 7.40. The van der Waals surface area contributed by atoms with Crippen LogP contribution >= 0.6 is 0 Å². The molecule has 0 bridgehead atoms. The van der Waals surface area contributed by atoms with Crippen molar-refractivity contribution in [2.75, 3.05) is 27.2 Å². The van der Waals surface area contributed by atoms with Gasteiger partial charge in [0.25, 0.3) is 0 Å². The van der Waals surface area contributed by atoms with Crippen molar-refractivity contribution in [1.29, 1.82) is 0 Å². The minimum absolute atomic E-state index is 0.808. The van der Waals surface area contributed by atoms with E-state index in [1.54, 1.807) is 0 Å². The molecule has 0 amide bonds. The molecule has 1 aliphatic heterocycles. The molecule has 0 aromatic heterocycles. The van der Waals surface area contributed by atoms with E-state index >= 15 is 0 Å². The van der Waals surface area contributed by atoms with E-state index < -0.39 is 0 Å². The number of rotatable bonds is 3. The molecule has 1 fully saturated rings. The van der Waals surface area contributed by atoms with Crippen molar-refractivity contribution in [3.8, 4) is 0 Å². The fraction of sp³-hybridized carbons (Fsp3) is 1.00. The van der Waals surface area contributed by atoms with Gasteiger partial charge in [-0.1, -0.05) is 0 Å². The Bertz CT molecular complexity index is 85.3. The predicted octanol–water partition coefficient (Wildman–Crippen LogP) is 0.690. The molecule has 0 aromatic carbocycles. The Balaban J connectivity index is 2.01. The highest BCUT2D eigenvalue weighted by Crippen LogP contribution is 2.08. The summed E-state index contributed by atoms with van der Waals surface area (Å²) in [6, 6.07) is 0.808. The number of hydrogen-bond donors (Lipinski definition) is 1. The normalized spacial score (nSPS) is 26.1. The van der Waals surface area contributed by atoms with Gasteiger partial charge in [-0.25, -0.2) is 0 Å². The largest absolute Gasteiger partial charge is 0.314 e. The minimum Gasteiger partial charge on any atom is -0.314 e. The Hall–Kier alpha value is -0.0800. The summed E-state index contributed by atoms with van der Waals surface area (Å²) in [6.07, 6.45) is 4.07. The van der Waals surface area contributed by atoms with Crippen molar-refractivity contribution in [3.05, 3.63) is 0 Å². The first-order chi connectivity index (χ1) is 4.79. The zero-order valence-electron chi connectivity index (χ0n) is 7.06. The molecule has 2 nitrogen and oxygen atoms in total. The molecule has 1 aliphatic rings. The van der Waals surface area contributed by atoms with Gasteiger partial charge in [0.1, 0.15) is 0 Å². The quantitative estimate of drug-likeness (QED) is 0.623. The van der Waals surface area contributed by atoms with E-state index in [9.17, 15) is 0 Å². The highest BCUT2D eigenvalue weighted by Gasteiger charge is 2.12. The third kappa shape index (κ3) is 2.67. The molecule has 0 aliphatic carbocycles. The summed E-state index contributed by atoms with van der Waals surface area (Å²) in [5.41, 5.74) is 0. The summed E-state index contributed by atoms with van der Waals surface area (Å²) in [5, 5.41) is 3.49. The molecule has 10 heavy (non-hydrogen) atoms. The molecule has 1 saturated heterocycles. The van der Waals surface area contributed by atoms with E-state index in [0.717, 1.165) is 6.04 Å². The molecule has 1 atom stereocenters. The lowest BCUT2D eigenvalue weighted by atomic mass is 10.1. The van der Waals surface area contributed by atoms with Crippen LogP contribution in [0.5, 0.6) is 0 Å². The third-order valence-electron chi connectivity index (χ3n) is 2.09. The van der Waals surface area contributed by atoms with Crippen molar-refractivity contribution in [1.82, 2.24) is 10.2 Å². The van der Waals surface area contributed by atoms with Gasteiger partial charge < -0.3 is 10.2 Å². The molecular weight excluding hydrogens is 124 g/mol. The molecule has 0 radical (unpaired) electrons. The third-order valence-corrected chi connectivity index (χ3v) is 2.09. The minimum atomic E-state index is 0.808. The van der Waals surface area contributed by atoms with Crippen LogP contribution in [-0.4, -0.2) is 38.1 Å². The fourth-order valence-electron chi connectivity index (χ4n) is 1.42. The van der Waals surface area contributed by atoms with Crippen molar-refractivity contribution < 1.29 is 0 Å². The van der Waals surface area contributed by atoms with Crippen molar-refractivity contribution >= 4 is 0 Å². The van der Waals surface area contributed by atoms with Crippen LogP contribution in [0.15, 0.2) is 0 Å². The van der Waals surface area contributed by atoms with E-state index in [1.165, 1.54) is 32.4 Å². The van der Waals surface area contributed by atoms with Gasteiger partial charge in [0, 0.05) is 6.04 Å². The Labute approximate surface area is 63.6 Å². The van der Waals surface area contributed by atoms with Gasteiger partial charge in [0.2, 0.25) is 0 Å². The van der Waals surface area contributed by atoms with Gasteiger partial charge in [0.15, 0.2) is 0 Å². The molecule has 0 unspecified atom stereocenters. The van der Waals surface area contributed by atoms with Crippen LogP contribution in [0.2, 0.25) is 0 Å². The lowest BCUT2D eigenvalue weighted by Crippen LogP contribution is -2.26. The molecule has 0 spiro atoms. The Morgan fingerprint density at radius 2 is 2.30 bits per heavy atom. The maximum atomic E-state index is 3.49. The Kier molecular flexibility index (Phi) is 3.16. The highest BCUT2D eigenvalue weighted by molar-refractivity contribution is 4.74. The average molecular weight is 142 g/mol. The van der Waals surface area contributed by atoms with Crippen molar-refractivity contribution in [2.45, 2.75) is 25.3 Å². The fourth-order valence-corrected chi connectivity index (χ4v) is 1.42. The number of nitrogens with zero attached hydrogens (tertiary/aromatic N) is 1. The van der Waals surface area contributed by atoms with Crippen molar-refractivity contribution in [2.24, 2.45) is 0 Å². The second-order valence-electron chi connectivity index (χ2n) is 3.39. The first-order valence-electron chi connectivity index (χ1n) is 4.17. The van der Waals surface area contributed by atoms with E-state index in [1.807, 2.05) is 0 Å². The van der Waals surface area contributed by atoms with Gasteiger partial charge in [-0.15, -0.1) is 0 Å². The smallest absolute Gasteiger partial charge is 0.00797 e. The van der Waals surface area contributed by atoms with Crippen LogP contribution in [-0.2, 0) is 0 Å². The topological polar surface area (TPSA) is 15.3 Å². The molecule has 60 valence electrons. The summed E-state index contributed by atoms with van der Waals surface area (Å²) in [5.74, 6) is 0. The lowest BCUT2D eigenvalue weighted by Gasteiger charge is -2.13.